The summed E-state index contributed by atoms with van der Waals surface area (Å²) in [6.45, 7) is 2.13. The summed E-state index contributed by atoms with van der Waals surface area (Å²) in [6.07, 6.45) is 2.37. The molecule has 0 heterocycles. The van der Waals surface area contributed by atoms with Crippen LogP contribution in [0.1, 0.15) is 19.8 Å². The zero-order valence-corrected chi connectivity index (χ0v) is 8.64. The van der Waals surface area contributed by atoms with Gasteiger partial charge in [-0.15, -0.1) is 11.6 Å². The van der Waals surface area contributed by atoms with Gasteiger partial charge in [0.15, 0.2) is 0 Å². The first-order chi connectivity index (χ1) is 2.41. The van der Waals surface area contributed by atoms with Gasteiger partial charge in [0.05, 0.1) is 0 Å². The molecule has 0 aromatic carbocycles. The van der Waals surface area contributed by atoms with Gasteiger partial charge < -0.3 is 0 Å². The smallest absolute Gasteiger partial charge is 0.0223 e. The van der Waals surface area contributed by atoms with Crippen LogP contribution in [-0.4, -0.2) is 33.2 Å². The van der Waals surface area contributed by atoms with E-state index in [4.69, 9.17) is 11.6 Å². The van der Waals surface area contributed by atoms with E-state index in [1.54, 1.807) is 0 Å². The normalized spacial score (nSPS) is 7.00. The Bertz CT molecular complexity index is 15.0. The summed E-state index contributed by atoms with van der Waals surface area (Å²) >= 11 is 5.30. The van der Waals surface area contributed by atoms with Crippen molar-refractivity contribution in [2.24, 2.45) is 0 Å². The molecule has 0 aromatic heterocycles. The van der Waals surface area contributed by atoms with Crippen LogP contribution in [0.5, 0.6) is 0 Å². The van der Waals surface area contributed by atoms with Gasteiger partial charge in [0.25, 0.3) is 0 Å². The van der Waals surface area contributed by atoms with Crippen LogP contribution in [0.3, 0.4) is 0 Å². The Morgan fingerprint density at radius 3 is 2.00 bits per heavy atom. The molecule has 0 aliphatic carbocycles. The first-order valence-corrected chi connectivity index (χ1v) is 2.51. The number of halogens is 1. The van der Waals surface area contributed by atoms with Crippen molar-refractivity contribution in [1.29, 1.82) is 0 Å². The van der Waals surface area contributed by atoms with Crippen LogP contribution in [0.25, 0.3) is 0 Å². The van der Waals surface area contributed by atoms with E-state index in [0.717, 1.165) is 12.3 Å². The minimum Gasteiger partial charge on any atom is -0.127 e. The first-order valence-electron chi connectivity index (χ1n) is 1.97. The van der Waals surface area contributed by atoms with Crippen molar-refractivity contribution in [2.75, 3.05) is 5.88 Å². The van der Waals surface area contributed by atoms with Crippen LogP contribution in [-0.2, 0) is 0 Å². The van der Waals surface area contributed by atoms with Gasteiger partial charge in [-0.3, -0.25) is 0 Å². The van der Waals surface area contributed by atoms with Crippen molar-refractivity contribution >= 4 is 38.9 Å². The van der Waals surface area contributed by atoms with E-state index < -0.39 is 0 Å². The maximum absolute atomic E-state index is 5.30. The summed E-state index contributed by atoms with van der Waals surface area (Å²) < 4.78 is 0. The fraction of sp³-hybridized carbons (Fsp3) is 1.00. The van der Waals surface area contributed by atoms with Crippen LogP contribution in [0.4, 0.5) is 0 Å². The number of hydrogen-bond acceptors (Lipinski definition) is 0. The Hall–Kier alpha value is 1.21. The summed E-state index contributed by atoms with van der Waals surface area (Å²) in [5, 5.41) is 0. The van der Waals surface area contributed by atoms with E-state index in [1.165, 1.54) is 6.42 Å². The third-order valence-corrected chi connectivity index (χ3v) is 0.754. The zero-order chi connectivity index (χ0) is 4.12. The third kappa shape index (κ3) is 8.96. The predicted octanol–water partition coefficient (Wildman–Crippen LogP) is 1.64. The van der Waals surface area contributed by atoms with Crippen molar-refractivity contribution in [3.8, 4) is 0 Å². The molecule has 0 amide bonds. The molecule has 0 rings (SSSR count). The predicted molar refractivity (Wildman–Crippen MR) is 31.4 cm³/mol. The summed E-state index contributed by atoms with van der Waals surface area (Å²) in [6, 6.07) is 0. The van der Waals surface area contributed by atoms with Crippen molar-refractivity contribution in [3.05, 3.63) is 0 Å². The molecule has 4 radical (unpaired) electrons. The van der Waals surface area contributed by atoms with Gasteiger partial charge in [0, 0.05) is 33.2 Å². The Morgan fingerprint density at radius 1 is 1.50 bits per heavy atom. The van der Waals surface area contributed by atoms with E-state index in [1.807, 2.05) is 0 Å². The Kier molecular flexibility index (Phi) is 16.2. The Balaban J connectivity index is 0. The Labute approximate surface area is 64.4 Å². The molecule has 0 bridgehead atoms. The van der Waals surface area contributed by atoms with Gasteiger partial charge in [-0.2, -0.15) is 0 Å². The van der Waals surface area contributed by atoms with Gasteiger partial charge in [-0.25, -0.2) is 0 Å². The molecule has 6 heavy (non-hydrogen) atoms. The number of alkyl halides is 1. The second-order valence-electron chi connectivity index (χ2n) is 1.04. The minimum absolute atomic E-state index is 0. The van der Waals surface area contributed by atoms with Crippen LogP contribution in [0.2, 0.25) is 0 Å². The monoisotopic (exact) mass is 300 g/mol. The fourth-order valence-electron chi connectivity index (χ4n) is 0.134. The number of rotatable bonds is 2. The maximum Gasteiger partial charge on any atom is 0.0223 e. The van der Waals surface area contributed by atoms with Crippen molar-refractivity contribution in [1.82, 2.24) is 0 Å². The van der Waals surface area contributed by atoms with E-state index >= 15 is 0 Å². The second-order valence-corrected chi connectivity index (χ2v) is 1.42. The van der Waals surface area contributed by atoms with Gasteiger partial charge in [-0.1, -0.05) is 13.3 Å². The first kappa shape index (κ1) is 10.2. The standard InChI is InChI=1S/C4H9Cl.Pb/c1-2-3-4-5;/h2-4H2,1H3;. The molecule has 0 fully saturated rings. The van der Waals surface area contributed by atoms with Crippen LogP contribution < -0.4 is 0 Å². The molecule has 0 unspecified atom stereocenters. The van der Waals surface area contributed by atoms with E-state index in [-0.39, 0.29) is 27.3 Å². The number of hydrogen-bond donors (Lipinski definition) is 0. The minimum atomic E-state index is 0. The molecule has 36 valence electrons. The molecule has 0 aromatic rings. The summed E-state index contributed by atoms with van der Waals surface area (Å²) in [5.74, 6) is 0.816. The second kappa shape index (κ2) is 9.51. The Morgan fingerprint density at radius 2 is 2.00 bits per heavy atom. The third-order valence-electron chi connectivity index (χ3n) is 0.487. The summed E-state index contributed by atoms with van der Waals surface area (Å²) in [4.78, 5) is 0. The molecule has 0 saturated carbocycles. The molecule has 0 saturated heterocycles. The SMILES string of the molecule is CCCCCl.[Pb]. The molecule has 0 aliphatic heterocycles. The van der Waals surface area contributed by atoms with Crippen LogP contribution >= 0.6 is 11.6 Å². The molecular weight excluding hydrogens is 291 g/mol. The fourth-order valence-corrected chi connectivity index (χ4v) is 0.401. The van der Waals surface area contributed by atoms with Gasteiger partial charge >= 0.3 is 0 Å². The van der Waals surface area contributed by atoms with Crippen molar-refractivity contribution < 1.29 is 0 Å². The average Bonchev–Trinajstić information content (AvgIpc) is 1.41. The van der Waals surface area contributed by atoms with Gasteiger partial charge in [0.1, 0.15) is 0 Å². The molecule has 2 heteroatoms. The quantitative estimate of drug-likeness (QED) is 0.537. The van der Waals surface area contributed by atoms with E-state index in [0.29, 0.717) is 0 Å². The largest absolute Gasteiger partial charge is 0.127 e. The summed E-state index contributed by atoms with van der Waals surface area (Å²) in [5.41, 5.74) is 0. The average molecular weight is 300 g/mol. The molecule has 0 atom stereocenters. The number of unbranched alkanes of at least 4 members (excludes halogenated alkanes) is 1. The van der Waals surface area contributed by atoms with Crippen LogP contribution in [0.15, 0.2) is 0 Å². The molecule has 0 spiro atoms. The molecule has 0 nitrogen and oxygen atoms in total. The van der Waals surface area contributed by atoms with Crippen LogP contribution in [0, 0.1) is 0 Å². The molecular formula is C4H9ClPb. The summed E-state index contributed by atoms with van der Waals surface area (Å²) in [7, 11) is 0. The van der Waals surface area contributed by atoms with E-state index in [2.05, 4.69) is 6.92 Å². The maximum atomic E-state index is 5.30. The van der Waals surface area contributed by atoms with Gasteiger partial charge in [-0.05, 0) is 6.42 Å². The zero-order valence-electron chi connectivity index (χ0n) is 4.00. The van der Waals surface area contributed by atoms with Crippen molar-refractivity contribution in [3.63, 3.8) is 0 Å². The van der Waals surface area contributed by atoms with E-state index in [9.17, 15) is 0 Å². The molecule has 0 aliphatic rings. The topological polar surface area (TPSA) is 0 Å². The van der Waals surface area contributed by atoms with Crippen molar-refractivity contribution in [2.45, 2.75) is 19.8 Å². The van der Waals surface area contributed by atoms with Gasteiger partial charge in [0.2, 0.25) is 0 Å². The molecule has 0 N–H and O–H groups in total.